The molecule has 0 amide bonds. The summed E-state index contributed by atoms with van der Waals surface area (Å²) in [5.41, 5.74) is 2.05. The van der Waals surface area contributed by atoms with Gasteiger partial charge in [-0.05, 0) is 42.3 Å². The number of halogens is 2. The molecule has 1 nitrogen and oxygen atoms in total. The summed E-state index contributed by atoms with van der Waals surface area (Å²) in [4.78, 5) is 1.14. The highest BCUT2D eigenvalue weighted by atomic mass is 79.9. The standard InChI is InChI=1S/C15H14BrClOS/c1-10(18)11-3-2-4-14(7-11)19-9-12-5-6-13(16)8-15(12)17/h2-8,10,18H,9H2,1H3. The Hall–Kier alpha value is -0.480. The van der Waals surface area contributed by atoms with E-state index in [0.29, 0.717) is 0 Å². The van der Waals surface area contributed by atoms with Gasteiger partial charge >= 0.3 is 0 Å². The van der Waals surface area contributed by atoms with Gasteiger partial charge in [-0.15, -0.1) is 11.8 Å². The van der Waals surface area contributed by atoms with E-state index in [4.69, 9.17) is 11.6 Å². The maximum absolute atomic E-state index is 9.57. The largest absolute Gasteiger partial charge is 0.389 e. The lowest BCUT2D eigenvalue weighted by molar-refractivity contribution is 0.199. The van der Waals surface area contributed by atoms with Crippen LogP contribution in [0.25, 0.3) is 0 Å². The van der Waals surface area contributed by atoms with Crippen molar-refractivity contribution in [1.82, 2.24) is 0 Å². The maximum Gasteiger partial charge on any atom is 0.0762 e. The SMILES string of the molecule is CC(O)c1cccc(SCc2ccc(Br)cc2Cl)c1. The molecule has 0 aliphatic rings. The summed E-state index contributed by atoms with van der Waals surface area (Å²) in [6, 6.07) is 13.9. The van der Waals surface area contributed by atoms with Crippen molar-refractivity contribution in [3.05, 3.63) is 63.1 Å². The molecule has 100 valence electrons. The van der Waals surface area contributed by atoms with Gasteiger partial charge in [-0.25, -0.2) is 0 Å². The summed E-state index contributed by atoms with van der Waals surface area (Å²) in [5.74, 6) is 0.815. The quantitative estimate of drug-likeness (QED) is 0.734. The van der Waals surface area contributed by atoms with Crippen molar-refractivity contribution in [2.75, 3.05) is 0 Å². The van der Waals surface area contributed by atoms with Crippen LogP contribution in [0.1, 0.15) is 24.2 Å². The molecule has 0 spiro atoms. The Kier molecular flexibility index (Phi) is 5.34. The smallest absolute Gasteiger partial charge is 0.0762 e. The lowest BCUT2D eigenvalue weighted by atomic mass is 10.1. The molecule has 1 unspecified atom stereocenters. The molecule has 1 N–H and O–H groups in total. The molecular weight excluding hydrogens is 344 g/mol. The Morgan fingerprint density at radius 2 is 2.05 bits per heavy atom. The van der Waals surface area contributed by atoms with E-state index in [9.17, 15) is 5.11 Å². The van der Waals surface area contributed by atoms with Gasteiger partial charge in [-0.2, -0.15) is 0 Å². The monoisotopic (exact) mass is 356 g/mol. The van der Waals surface area contributed by atoms with Gasteiger partial charge in [0.25, 0.3) is 0 Å². The molecule has 0 heterocycles. The van der Waals surface area contributed by atoms with E-state index >= 15 is 0 Å². The second kappa shape index (κ2) is 6.80. The fraction of sp³-hybridized carbons (Fsp3) is 0.200. The fourth-order valence-corrected chi connectivity index (χ4v) is 3.45. The second-order valence-electron chi connectivity index (χ2n) is 4.27. The van der Waals surface area contributed by atoms with Crippen molar-refractivity contribution in [3.63, 3.8) is 0 Å². The molecule has 19 heavy (non-hydrogen) atoms. The van der Waals surface area contributed by atoms with Crippen molar-refractivity contribution < 1.29 is 5.11 Å². The molecule has 0 aromatic heterocycles. The van der Waals surface area contributed by atoms with Crippen LogP contribution in [-0.4, -0.2) is 5.11 Å². The van der Waals surface area contributed by atoms with E-state index in [1.807, 2.05) is 42.5 Å². The summed E-state index contributed by atoms with van der Waals surface area (Å²) in [6.07, 6.45) is -0.434. The van der Waals surface area contributed by atoms with Crippen LogP contribution in [0.15, 0.2) is 51.8 Å². The summed E-state index contributed by atoms with van der Waals surface area (Å²) in [7, 11) is 0. The van der Waals surface area contributed by atoms with Crippen molar-refractivity contribution in [2.24, 2.45) is 0 Å². The first kappa shape index (κ1) is 14.9. The molecule has 0 saturated heterocycles. The lowest BCUT2D eigenvalue weighted by Crippen LogP contribution is -1.90. The van der Waals surface area contributed by atoms with Gasteiger partial charge in [0.2, 0.25) is 0 Å². The summed E-state index contributed by atoms with van der Waals surface area (Å²) in [6.45, 7) is 1.77. The highest BCUT2D eigenvalue weighted by molar-refractivity contribution is 9.10. The normalized spacial score (nSPS) is 12.4. The zero-order valence-electron chi connectivity index (χ0n) is 10.4. The molecular formula is C15H14BrClOS. The van der Waals surface area contributed by atoms with Gasteiger partial charge in [0.15, 0.2) is 0 Å². The predicted molar refractivity (Wildman–Crippen MR) is 85.8 cm³/mol. The molecule has 0 aliphatic heterocycles. The molecule has 2 rings (SSSR count). The molecule has 0 saturated carbocycles. The number of thioether (sulfide) groups is 1. The first-order valence-electron chi connectivity index (χ1n) is 5.91. The van der Waals surface area contributed by atoms with Gasteiger partial charge in [-0.3, -0.25) is 0 Å². The first-order chi connectivity index (χ1) is 9.06. The van der Waals surface area contributed by atoms with Crippen molar-refractivity contribution in [1.29, 1.82) is 0 Å². The summed E-state index contributed by atoms with van der Waals surface area (Å²) < 4.78 is 0.988. The molecule has 0 bridgehead atoms. The van der Waals surface area contributed by atoms with Crippen LogP contribution >= 0.6 is 39.3 Å². The molecule has 2 aromatic rings. The van der Waals surface area contributed by atoms with E-state index in [0.717, 1.165) is 31.3 Å². The molecule has 0 aliphatic carbocycles. The second-order valence-corrected chi connectivity index (χ2v) is 6.64. The van der Waals surface area contributed by atoms with Gasteiger partial charge in [0.05, 0.1) is 6.10 Å². The first-order valence-corrected chi connectivity index (χ1v) is 8.06. The minimum Gasteiger partial charge on any atom is -0.389 e. The number of hydrogen-bond donors (Lipinski definition) is 1. The Bertz CT molecular complexity index is 572. The van der Waals surface area contributed by atoms with Crippen LogP contribution in [0, 0.1) is 0 Å². The van der Waals surface area contributed by atoms with E-state index in [2.05, 4.69) is 15.9 Å². The van der Waals surface area contributed by atoms with Crippen molar-refractivity contribution in [2.45, 2.75) is 23.7 Å². The van der Waals surface area contributed by atoms with E-state index in [1.165, 1.54) is 0 Å². The van der Waals surface area contributed by atoms with Crippen molar-refractivity contribution in [3.8, 4) is 0 Å². The third-order valence-corrected chi connectivity index (χ3v) is 4.64. The molecule has 4 heteroatoms. The maximum atomic E-state index is 9.57. The minimum atomic E-state index is -0.434. The van der Waals surface area contributed by atoms with Gasteiger partial charge in [-0.1, -0.05) is 45.7 Å². The third kappa shape index (κ3) is 4.25. The average Bonchev–Trinajstić information content (AvgIpc) is 2.38. The number of rotatable bonds is 4. The summed E-state index contributed by atoms with van der Waals surface area (Å²) >= 11 is 11.3. The van der Waals surface area contributed by atoms with Gasteiger partial charge in [0.1, 0.15) is 0 Å². The highest BCUT2D eigenvalue weighted by Gasteiger charge is 2.05. The number of benzene rings is 2. The van der Waals surface area contributed by atoms with E-state index in [1.54, 1.807) is 18.7 Å². The third-order valence-electron chi connectivity index (χ3n) is 2.75. The topological polar surface area (TPSA) is 20.2 Å². The summed E-state index contributed by atoms with van der Waals surface area (Å²) in [5, 5.41) is 10.3. The molecule has 1 atom stereocenters. The van der Waals surface area contributed by atoms with E-state index in [-0.39, 0.29) is 0 Å². The van der Waals surface area contributed by atoms with Crippen LogP contribution in [0.3, 0.4) is 0 Å². The molecule has 0 radical (unpaired) electrons. The van der Waals surface area contributed by atoms with Gasteiger partial charge < -0.3 is 5.11 Å². The lowest BCUT2D eigenvalue weighted by Gasteiger charge is -2.08. The van der Waals surface area contributed by atoms with Gasteiger partial charge in [0, 0.05) is 20.1 Å². The molecule has 2 aromatic carbocycles. The van der Waals surface area contributed by atoms with Crippen LogP contribution in [0.4, 0.5) is 0 Å². The Labute approximate surface area is 131 Å². The highest BCUT2D eigenvalue weighted by Crippen LogP contribution is 2.29. The zero-order valence-corrected chi connectivity index (χ0v) is 13.6. The van der Waals surface area contributed by atoms with Crippen LogP contribution < -0.4 is 0 Å². The van der Waals surface area contributed by atoms with Crippen LogP contribution in [0.2, 0.25) is 5.02 Å². The minimum absolute atomic E-state index is 0.434. The average molecular weight is 358 g/mol. The number of aliphatic hydroxyl groups excluding tert-OH is 1. The Morgan fingerprint density at radius 3 is 2.74 bits per heavy atom. The number of aliphatic hydroxyl groups is 1. The zero-order chi connectivity index (χ0) is 13.8. The van der Waals surface area contributed by atoms with Crippen molar-refractivity contribution >= 4 is 39.3 Å². The predicted octanol–water partition coefficient (Wildman–Crippen LogP) is 5.45. The molecule has 0 fully saturated rings. The van der Waals surface area contributed by atoms with E-state index < -0.39 is 6.10 Å². The van der Waals surface area contributed by atoms with Crippen LogP contribution in [-0.2, 0) is 5.75 Å². The Balaban J connectivity index is 2.08. The Morgan fingerprint density at radius 1 is 1.26 bits per heavy atom. The van der Waals surface area contributed by atoms with Crippen LogP contribution in [0.5, 0.6) is 0 Å². The number of hydrogen-bond acceptors (Lipinski definition) is 2. The fourth-order valence-electron chi connectivity index (χ4n) is 1.66.